The zero-order chi connectivity index (χ0) is 13.1. The molecule has 19 heavy (non-hydrogen) atoms. The average Bonchev–Trinajstić information content (AvgIpc) is 2.47. The van der Waals surface area contributed by atoms with Crippen LogP contribution in [0.15, 0.2) is 30.3 Å². The summed E-state index contributed by atoms with van der Waals surface area (Å²) >= 11 is 6.04. The number of rotatable bonds is 3. The molecule has 1 aromatic carbocycles. The molecule has 1 saturated carbocycles. The predicted molar refractivity (Wildman–Crippen MR) is 78.8 cm³/mol. The van der Waals surface area contributed by atoms with Crippen molar-refractivity contribution in [3.63, 3.8) is 0 Å². The second-order valence-electron chi connectivity index (χ2n) is 5.15. The van der Waals surface area contributed by atoms with Gasteiger partial charge in [0.2, 0.25) is 5.88 Å². The molecule has 1 aliphatic carbocycles. The molecule has 1 aromatic heterocycles. The van der Waals surface area contributed by atoms with E-state index in [1.165, 1.54) is 19.3 Å². The summed E-state index contributed by atoms with van der Waals surface area (Å²) < 4.78 is 6.04. The van der Waals surface area contributed by atoms with Crippen LogP contribution >= 0.6 is 11.6 Å². The van der Waals surface area contributed by atoms with Crippen LogP contribution in [0.25, 0.3) is 10.9 Å². The van der Waals surface area contributed by atoms with Crippen LogP contribution in [0.1, 0.15) is 37.7 Å². The van der Waals surface area contributed by atoms with E-state index in [-0.39, 0.29) is 0 Å². The van der Waals surface area contributed by atoms with Crippen LogP contribution in [0.4, 0.5) is 0 Å². The predicted octanol–water partition coefficient (Wildman–Crippen LogP) is 4.69. The summed E-state index contributed by atoms with van der Waals surface area (Å²) in [6.45, 7) is 0. The van der Waals surface area contributed by atoms with Crippen molar-refractivity contribution in [3.05, 3.63) is 35.9 Å². The van der Waals surface area contributed by atoms with Crippen LogP contribution in [0, 0.1) is 0 Å². The molecule has 2 aromatic rings. The fourth-order valence-corrected chi connectivity index (χ4v) is 2.97. The van der Waals surface area contributed by atoms with Crippen molar-refractivity contribution >= 4 is 22.5 Å². The van der Waals surface area contributed by atoms with Gasteiger partial charge >= 0.3 is 0 Å². The van der Waals surface area contributed by atoms with E-state index in [9.17, 15) is 0 Å². The van der Waals surface area contributed by atoms with Gasteiger partial charge in [-0.15, -0.1) is 11.6 Å². The summed E-state index contributed by atoms with van der Waals surface area (Å²) in [5.41, 5.74) is 2.06. The first kappa shape index (κ1) is 12.7. The van der Waals surface area contributed by atoms with Gasteiger partial charge in [0, 0.05) is 17.3 Å². The first-order valence-corrected chi connectivity index (χ1v) is 7.51. The quantitative estimate of drug-likeness (QED) is 0.759. The fraction of sp³-hybridized carbons (Fsp3) is 0.438. The number of fused-ring (bicyclic) bond motifs is 1. The Morgan fingerprint density at radius 2 is 1.95 bits per heavy atom. The van der Waals surface area contributed by atoms with Crippen LogP contribution in [0.5, 0.6) is 5.88 Å². The lowest BCUT2D eigenvalue weighted by Crippen LogP contribution is -2.20. The molecular formula is C16H18ClNO. The van der Waals surface area contributed by atoms with Crippen LogP contribution in [0.2, 0.25) is 0 Å². The van der Waals surface area contributed by atoms with Crippen molar-refractivity contribution < 1.29 is 4.74 Å². The number of para-hydroxylation sites is 1. The van der Waals surface area contributed by atoms with E-state index in [0.717, 1.165) is 35.2 Å². The lowest BCUT2D eigenvalue weighted by atomic mass is 9.98. The Morgan fingerprint density at radius 1 is 1.16 bits per heavy atom. The summed E-state index contributed by atoms with van der Waals surface area (Å²) in [6.07, 6.45) is 6.47. The van der Waals surface area contributed by atoms with E-state index in [0.29, 0.717) is 12.0 Å². The van der Waals surface area contributed by atoms with E-state index >= 15 is 0 Å². The van der Waals surface area contributed by atoms with Crippen LogP contribution in [-0.4, -0.2) is 11.1 Å². The number of ether oxygens (including phenoxy) is 1. The second kappa shape index (κ2) is 5.79. The molecule has 0 amide bonds. The Balaban J connectivity index is 1.90. The van der Waals surface area contributed by atoms with Crippen LogP contribution in [0.3, 0.4) is 0 Å². The maximum Gasteiger partial charge on any atom is 0.214 e. The van der Waals surface area contributed by atoms with Crippen molar-refractivity contribution in [2.75, 3.05) is 0 Å². The summed E-state index contributed by atoms with van der Waals surface area (Å²) in [4.78, 5) is 4.60. The molecule has 3 rings (SSSR count). The van der Waals surface area contributed by atoms with Gasteiger partial charge in [-0.25, -0.2) is 4.98 Å². The molecule has 0 unspecified atom stereocenters. The van der Waals surface area contributed by atoms with Crippen molar-refractivity contribution in [1.29, 1.82) is 0 Å². The molecular weight excluding hydrogens is 258 g/mol. The van der Waals surface area contributed by atoms with Crippen molar-refractivity contribution in [3.8, 4) is 5.88 Å². The highest BCUT2D eigenvalue weighted by Gasteiger charge is 2.16. The number of nitrogens with zero attached hydrogens (tertiary/aromatic N) is 1. The third-order valence-corrected chi connectivity index (χ3v) is 4.05. The summed E-state index contributed by atoms with van der Waals surface area (Å²) in [6, 6.07) is 10.1. The SMILES string of the molecule is ClCc1cc(OC2CCCCC2)nc2ccccc12. The largest absolute Gasteiger partial charge is 0.474 e. The standard InChI is InChI=1S/C16H18ClNO/c17-11-12-10-16(19-13-6-2-1-3-7-13)18-15-9-5-4-8-14(12)15/h4-5,8-10,13H,1-3,6-7,11H2. The van der Waals surface area contributed by atoms with Crippen molar-refractivity contribution in [2.45, 2.75) is 44.1 Å². The highest BCUT2D eigenvalue weighted by molar-refractivity contribution is 6.18. The number of hydrogen-bond acceptors (Lipinski definition) is 2. The lowest BCUT2D eigenvalue weighted by Gasteiger charge is -2.22. The molecule has 0 radical (unpaired) electrons. The molecule has 100 valence electrons. The van der Waals surface area contributed by atoms with E-state index in [1.54, 1.807) is 0 Å². The van der Waals surface area contributed by atoms with Gasteiger partial charge in [0.25, 0.3) is 0 Å². The zero-order valence-corrected chi connectivity index (χ0v) is 11.7. The minimum absolute atomic E-state index is 0.325. The molecule has 2 nitrogen and oxygen atoms in total. The minimum Gasteiger partial charge on any atom is -0.474 e. The number of alkyl halides is 1. The third-order valence-electron chi connectivity index (χ3n) is 3.76. The number of pyridine rings is 1. The molecule has 0 N–H and O–H groups in total. The monoisotopic (exact) mass is 275 g/mol. The molecule has 0 atom stereocenters. The topological polar surface area (TPSA) is 22.1 Å². The highest BCUT2D eigenvalue weighted by atomic mass is 35.5. The zero-order valence-electron chi connectivity index (χ0n) is 10.9. The third kappa shape index (κ3) is 2.84. The number of aromatic nitrogens is 1. The average molecular weight is 276 g/mol. The van der Waals surface area contributed by atoms with Gasteiger partial charge in [-0.1, -0.05) is 24.6 Å². The van der Waals surface area contributed by atoms with Crippen molar-refractivity contribution in [1.82, 2.24) is 4.98 Å². The maximum absolute atomic E-state index is 6.04. The normalized spacial score (nSPS) is 16.7. The number of halogens is 1. The van der Waals surface area contributed by atoms with Crippen LogP contribution in [-0.2, 0) is 5.88 Å². The van der Waals surface area contributed by atoms with E-state index < -0.39 is 0 Å². The van der Waals surface area contributed by atoms with Gasteiger partial charge < -0.3 is 4.74 Å². The van der Waals surface area contributed by atoms with Gasteiger partial charge in [-0.05, 0) is 37.3 Å². The Morgan fingerprint density at radius 3 is 2.74 bits per heavy atom. The molecule has 1 heterocycles. The molecule has 0 aliphatic heterocycles. The smallest absolute Gasteiger partial charge is 0.214 e. The maximum atomic E-state index is 6.04. The number of benzene rings is 1. The number of hydrogen-bond donors (Lipinski definition) is 0. The lowest BCUT2D eigenvalue weighted by molar-refractivity contribution is 0.149. The second-order valence-corrected chi connectivity index (χ2v) is 5.42. The summed E-state index contributed by atoms with van der Waals surface area (Å²) in [5.74, 6) is 1.21. The first-order valence-electron chi connectivity index (χ1n) is 6.98. The van der Waals surface area contributed by atoms with Gasteiger partial charge in [0.05, 0.1) is 5.52 Å². The van der Waals surface area contributed by atoms with Crippen LogP contribution < -0.4 is 4.74 Å². The molecule has 0 spiro atoms. The van der Waals surface area contributed by atoms with E-state index in [2.05, 4.69) is 11.1 Å². The fourth-order valence-electron chi connectivity index (χ4n) is 2.75. The Kier molecular flexibility index (Phi) is 3.88. The Bertz CT molecular complexity index is 564. The Labute approximate surface area is 118 Å². The molecule has 3 heteroatoms. The summed E-state index contributed by atoms with van der Waals surface area (Å²) in [7, 11) is 0. The highest BCUT2D eigenvalue weighted by Crippen LogP contribution is 2.27. The molecule has 1 aliphatic rings. The molecule has 1 fully saturated rings. The summed E-state index contributed by atoms with van der Waals surface area (Å²) in [5, 5.41) is 1.12. The van der Waals surface area contributed by atoms with E-state index in [1.807, 2.05) is 24.3 Å². The van der Waals surface area contributed by atoms with E-state index in [4.69, 9.17) is 16.3 Å². The van der Waals surface area contributed by atoms with Crippen molar-refractivity contribution in [2.24, 2.45) is 0 Å². The Hall–Kier alpha value is -1.28. The van der Waals surface area contributed by atoms with Gasteiger partial charge in [0.15, 0.2) is 0 Å². The molecule has 0 bridgehead atoms. The van der Waals surface area contributed by atoms with Gasteiger partial charge in [-0.2, -0.15) is 0 Å². The minimum atomic E-state index is 0.325. The molecule has 0 saturated heterocycles. The van der Waals surface area contributed by atoms with Gasteiger partial charge in [-0.3, -0.25) is 0 Å². The van der Waals surface area contributed by atoms with Gasteiger partial charge in [0.1, 0.15) is 6.10 Å². The first-order chi connectivity index (χ1) is 9.36.